The zero-order chi connectivity index (χ0) is 15.2. The van der Waals surface area contributed by atoms with Crippen molar-refractivity contribution in [1.82, 2.24) is 5.32 Å². The van der Waals surface area contributed by atoms with E-state index in [0.29, 0.717) is 24.5 Å². The lowest BCUT2D eigenvalue weighted by atomic mass is 10.1. The lowest BCUT2D eigenvalue weighted by molar-refractivity contribution is -0.147. The number of ether oxygens (including phenoxy) is 2. The summed E-state index contributed by atoms with van der Waals surface area (Å²) < 4.78 is 10.7. The van der Waals surface area contributed by atoms with Gasteiger partial charge in [-0.05, 0) is 25.0 Å². The third-order valence-corrected chi connectivity index (χ3v) is 4.49. The second-order valence-corrected chi connectivity index (χ2v) is 5.97. The standard InChI is InChI=1S/C14H19NO5S/c1-2-9-3-4-12(21-9)14(18)15-10-7-19-6-5-11(10)20-8-13(16)17/h3-4,10-11H,2,5-8H2,1H3,(H,15,18)(H,16,17)/t10-,11+/m1/s1. The smallest absolute Gasteiger partial charge is 0.329 e. The third kappa shape index (κ3) is 4.52. The molecule has 1 fully saturated rings. The second-order valence-electron chi connectivity index (χ2n) is 4.81. The van der Waals surface area contributed by atoms with E-state index in [1.54, 1.807) is 6.07 Å². The number of aliphatic carboxylic acids is 1. The van der Waals surface area contributed by atoms with E-state index in [4.69, 9.17) is 14.6 Å². The van der Waals surface area contributed by atoms with Crippen molar-refractivity contribution in [2.45, 2.75) is 31.9 Å². The highest BCUT2D eigenvalue weighted by Gasteiger charge is 2.29. The molecule has 7 heteroatoms. The fourth-order valence-electron chi connectivity index (χ4n) is 2.16. The normalized spacial score (nSPS) is 22.0. The summed E-state index contributed by atoms with van der Waals surface area (Å²) >= 11 is 1.46. The summed E-state index contributed by atoms with van der Waals surface area (Å²) in [7, 11) is 0. The van der Waals surface area contributed by atoms with Crippen LogP contribution in [0.15, 0.2) is 12.1 Å². The number of aryl methyl sites for hydroxylation is 1. The maximum absolute atomic E-state index is 12.2. The fraction of sp³-hybridized carbons (Fsp3) is 0.571. The average molecular weight is 313 g/mol. The van der Waals surface area contributed by atoms with Gasteiger partial charge in [-0.1, -0.05) is 6.92 Å². The Labute approximate surface area is 127 Å². The molecule has 1 aliphatic rings. The summed E-state index contributed by atoms with van der Waals surface area (Å²) in [5, 5.41) is 11.6. The first kappa shape index (κ1) is 15.9. The Morgan fingerprint density at radius 3 is 3.00 bits per heavy atom. The summed E-state index contributed by atoms with van der Waals surface area (Å²) in [6.07, 6.45) is 1.14. The predicted octanol–water partition coefficient (Wildman–Crippen LogP) is 1.30. The van der Waals surface area contributed by atoms with E-state index in [1.165, 1.54) is 11.3 Å². The Hall–Kier alpha value is -1.44. The number of rotatable bonds is 6. The first-order chi connectivity index (χ1) is 10.1. The van der Waals surface area contributed by atoms with Crippen molar-refractivity contribution in [3.63, 3.8) is 0 Å². The van der Waals surface area contributed by atoms with Crippen molar-refractivity contribution in [2.75, 3.05) is 19.8 Å². The number of carbonyl (C=O) groups is 2. The fourth-order valence-corrected chi connectivity index (χ4v) is 3.01. The van der Waals surface area contributed by atoms with Crippen molar-refractivity contribution < 1.29 is 24.2 Å². The van der Waals surface area contributed by atoms with Crippen LogP contribution in [0.1, 0.15) is 27.9 Å². The number of nitrogens with one attached hydrogen (secondary N) is 1. The van der Waals surface area contributed by atoms with Gasteiger partial charge in [0.2, 0.25) is 0 Å². The van der Waals surface area contributed by atoms with E-state index in [9.17, 15) is 9.59 Å². The predicted molar refractivity (Wildman–Crippen MR) is 77.8 cm³/mol. The van der Waals surface area contributed by atoms with E-state index in [2.05, 4.69) is 5.32 Å². The number of hydrogen-bond acceptors (Lipinski definition) is 5. The van der Waals surface area contributed by atoms with Gasteiger partial charge >= 0.3 is 5.97 Å². The molecule has 0 spiro atoms. The van der Waals surface area contributed by atoms with Crippen LogP contribution in [0.25, 0.3) is 0 Å². The maximum Gasteiger partial charge on any atom is 0.329 e. The molecule has 116 valence electrons. The number of carboxylic acids is 1. The van der Waals surface area contributed by atoms with Gasteiger partial charge in [0, 0.05) is 11.5 Å². The quantitative estimate of drug-likeness (QED) is 0.827. The molecule has 0 unspecified atom stereocenters. The molecule has 2 rings (SSSR count). The Balaban J connectivity index is 1.94. The minimum Gasteiger partial charge on any atom is -0.480 e. The first-order valence-electron chi connectivity index (χ1n) is 6.91. The zero-order valence-corrected chi connectivity index (χ0v) is 12.6. The van der Waals surface area contributed by atoms with Gasteiger partial charge in [0.1, 0.15) is 6.61 Å². The molecule has 2 N–H and O–H groups in total. The van der Waals surface area contributed by atoms with Crippen molar-refractivity contribution in [3.8, 4) is 0 Å². The lowest BCUT2D eigenvalue weighted by Crippen LogP contribution is -2.50. The molecule has 1 aromatic heterocycles. The molecule has 0 bridgehead atoms. The van der Waals surface area contributed by atoms with Crippen LogP contribution in [-0.2, 0) is 20.7 Å². The van der Waals surface area contributed by atoms with Gasteiger partial charge in [-0.3, -0.25) is 4.79 Å². The molecule has 1 amide bonds. The Morgan fingerprint density at radius 2 is 2.33 bits per heavy atom. The number of thiophene rings is 1. The van der Waals surface area contributed by atoms with Crippen molar-refractivity contribution >= 4 is 23.2 Å². The molecular weight excluding hydrogens is 294 g/mol. The van der Waals surface area contributed by atoms with Crippen molar-refractivity contribution in [3.05, 3.63) is 21.9 Å². The highest BCUT2D eigenvalue weighted by Crippen LogP contribution is 2.18. The van der Waals surface area contributed by atoms with Crippen LogP contribution in [0.3, 0.4) is 0 Å². The molecule has 1 saturated heterocycles. The van der Waals surface area contributed by atoms with E-state index in [0.717, 1.165) is 11.3 Å². The van der Waals surface area contributed by atoms with E-state index in [-0.39, 0.29) is 24.7 Å². The van der Waals surface area contributed by atoms with E-state index >= 15 is 0 Å². The summed E-state index contributed by atoms with van der Waals surface area (Å²) in [5.74, 6) is -1.18. The van der Waals surface area contributed by atoms with Gasteiger partial charge in [-0.15, -0.1) is 11.3 Å². The van der Waals surface area contributed by atoms with Crippen LogP contribution in [0.4, 0.5) is 0 Å². The summed E-state index contributed by atoms with van der Waals surface area (Å²) in [4.78, 5) is 24.6. The van der Waals surface area contributed by atoms with E-state index < -0.39 is 5.97 Å². The van der Waals surface area contributed by atoms with Crippen LogP contribution in [-0.4, -0.2) is 48.9 Å². The molecule has 0 aromatic carbocycles. The molecular formula is C14H19NO5S. The summed E-state index contributed by atoms with van der Waals surface area (Å²) in [6.45, 7) is 2.52. The van der Waals surface area contributed by atoms with Gasteiger partial charge < -0.3 is 19.9 Å². The highest BCUT2D eigenvalue weighted by atomic mass is 32.1. The Kier molecular flexibility index (Phi) is 5.72. The van der Waals surface area contributed by atoms with Gasteiger partial charge in [-0.2, -0.15) is 0 Å². The van der Waals surface area contributed by atoms with Gasteiger partial charge in [0.15, 0.2) is 0 Å². The lowest BCUT2D eigenvalue weighted by Gasteiger charge is -2.31. The summed E-state index contributed by atoms with van der Waals surface area (Å²) in [6, 6.07) is 3.42. The van der Waals surface area contributed by atoms with Crippen molar-refractivity contribution in [2.24, 2.45) is 0 Å². The van der Waals surface area contributed by atoms with Gasteiger partial charge in [-0.25, -0.2) is 4.79 Å². The largest absolute Gasteiger partial charge is 0.480 e. The van der Waals surface area contributed by atoms with Crippen molar-refractivity contribution in [1.29, 1.82) is 0 Å². The average Bonchev–Trinajstić information content (AvgIpc) is 2.95. The van der Waals surface area contributed by atoms with Crippen LogP contribution >= 0.6 is 11.3 Å². The molecule has 1 aromatic rings. The van der Waals surface area contributed by atoms with Crippen LogP contribution in [0, 0.1) is 0 Å². The second kappa shape index (κ2) is 7.53. The Bertz CT molecular complexity index is 501. The highest BCUT2D eigenvalue weighted by molar-refractivity contribution is 7.14. The number of carbonyl (C=O) groups excluding carboxylic acids is 1. The third-order valence-electron chi connectivity index (χ3n) is 3.26. The summed E-state index contributed by atoms with van der Waals surface area (Å²) in [5.41, 5.74) is 0. The molecule has 1 aliphatic heterocycles. The topological polar surface area (TPSA) is 84.9 Å². The van der Waals surface area contributed by atoms with Crippen LogP contribution in [0.2, 0.25) is 0 Å². The van der Waals surface area contributed by atoms with Crippen LogP contribution < -0.4 is 5.32 Å². The van der Waals surface area contributed by atoms with Crippen LogP contribution in [0.5, 0.6) is 0 Å². The number of amides is 1. The minimum absolute atomic E-state index is 0.167. The molecule has 0 radical (unpaired) electrons. The number of hydrogen-bond donors (Lipinski definition) is 2. The monoisotopic (exact) mass is 313 g/mol. The number of carboxylic acid groups (broad SMARTS) is 1. The van der Waals surface area contributed by atoms with Gasteiger partial charge in [0.25, 0.3) is 5.91 Å². The zero-order valence-electron chi connectivity index (χ0n) is 11.8. The van der Waals surface area contributed by atoms with E-state index in [1.807, 2.05) is 13.0 Å². The SMILES string of the molecule is CCc1ccc(C(=O)N[C@@H]2COCC[C@@H]2OCC(=O)O)s1. The molecule has 0 aliphatic carbocycles. The molecule has 21 heavy (non-hydrogen) atoms. The molecule has 2 atom stereocenters. The molecule has 2 heterocycles. The minimum atomic E-state index is -1.02. The first-order valence-corrected chi connectivity index (χ1v) is 7.72. The molecule has 0 saturated carbocycles. The molecule has 6 nitrogen and oxygen atoms in total. The van der Waals surface area contributed by atoms with Gasteiger partial charge in [0.05, 0.1) is 23.6 Å². The Morgan fingerprint density at radius 1 is 1.52 bits per heavy atom. The maximum atomic E-state index is 12.2.